The Bertz CT molecular complexity index is 1560. The highest BCUT2D eigenvalue weighted by atomic mass is 32.2. The van der Waals surface area contributed by atoms with Crippen LogP contribution in [-0.4, -0.2) is 36.2 Å². The Kier molecular flexibility index (Phi) is 7.97. The van der Waals surface area contributed by atoms with Crippen LogP contribution in [0.15, 0.2) is 59.6 Å². The van der Waals surface area contributed by atoms with Gasteiger partial charge in [0.15, 0.2) is 0 Å². The van der Waals surface area contributed by atoms with Crippen molar-refractivity contribution in [2.45, 2.75) is 68.8 Å². The van der Waals surface area contributed by atoms with Gasteiger partial charge in [-0.15, -0.1) is 0 Å². The zero-order valence-electron chi connectivity index (χ0n) is 22.2. The van der Waals surface area contributed by atoms with Crippen molar-refractivity contribution < 1.29 is 22.0 Å². The third-order valence-electron chi connectivity index (χ3n) is 7.95. The number of rotatable bonds is 7. The van der Waals surface area contributed by atoms with Crippen molar-refractivity contribution in [2.24, 2.45) is 0 Å². The standard InChI is InChI=1S/C30H30F2N4O3S/c1-20-23(17-33)15-25(16-27(20)32)40(38,39)36-14-13-29(36)30(37)35(28-10-6-5-9-26(28)31)19-24-12-11-22(18-34-24)21-7-3-2-4-8-21/h5-6,9-12,15-16,18,21,29H,2-4,7-8,13-14,19H2,1H3/t29-/m1/s1. The molecule has 2 fully saturated rings. The third kappa shape index (κ3) is 5.36. The first-order chi connectivity index (χ1) is 19.2. The molecule has 0 unspecified atom stereocenters. The highest BCUT2D eigenvalue weighted by Crippen LogP contribution is 2.34. The van der Waals surface area contributed by atoms with Crippen LogP contribution in [0.25, 0.3) is 0 Å². The molecule has 1 aromatic heterocycles. The van der Waals surface area contributed by atoms with Gasteiger partial charge in [0.05, 0.1) is 34.5 Å². The molecule has 208 valence electrons. The van der Waals surface area contributed by atoms with Crippen LogP contribution in [-0.2, 0) is 21.4 Å². The Labute approximate surface area is 233 Å². The first-order valence-corrected chi connectivity index (χ1v) is 14.9. The molecule has 10 heteroatoms. The van der Waals surface area contributed by atoms with Crippen LogP contribution >= 0.6 is 0 Å². The van der Waals surface area contributed by atoms with E-state index in [9.17, 15) is 27.3 Å². The predicted octanol–water partition coefficient (Wildman–Crippen LogP) is 5.58. The summed E-state index contributed by atoms with van der Waals surface area (Å²) in [7, 11) is -4.30. The van der Waals surface area contributed by atoms with E-state index in [0.717, 1.165) is 34.8 Å². The molecule has 40 heavy (non-hydrogen) atoms. The highest BCUT2D eigenvalue weighted by Gasteiger charge is 2.45. The van der Waals surface area contributed by atoms with Crippen LogP contribution < -0.4 is 4.90 Å². The van der Waals surface area contributed by atoms with Gasteiger partial charge < -0.3 is 4.90 Å². The first kappa shape index (κ1) is 27.9. The monoisotopic (exact) mass is 564 g/mol. The molecule has 1 atom stereocenters. The van der Waals surface area contributed by atoms with Crippen molar-refractivity contribution in [2.75, 3.05) is 11.4 Å². The SMILES string of the molecule is Cc1c(F)cc(S(=O)(=O)N2CC[C@@H]2C(=O)N(Cc2ccc(C3CCCCC3)cn2)c2ccccc2F)cc1C#N. The molecule has 1 aliphatic heterocycles. The average Bonchev–Trinajstić information content (AvgIpc) is 2.93. The summed E-state index contributed by atoms with van der Waals surface area (Å²) in [5.74, 6) is -1.59. The number of hydrogen-bond acceptors (Lipinski definition) is 5. The Hall–Kier alpha value is -3.68. The average molecular weight is 565 g/mol. The number of anilines is 1. The van der Waals surface area contributed by atoms with Crippen LogP contribution in [0, 0.1) is 29.9 Å². The van der Waals surface area contributed by atoms with Gasteiger partial charge in [0, 0.05) is 18.3 Å². The molecular formula is C30H30F2N4O3S. The van der Waals surface area contributed by atoms with Gasteiger partial charge in [0.1, 0.15) is 17.7 Å². The highest BCUT2D eigenvalue weighted by molar-refractivity contribution is 7.89. The lowest BCUT2D eigenvalue weighted by Gasteiger charge is -2.41. The second-order valence-electron chi connectivity index (χ2n) is 10.4. The largest absolute Gasteiger partial charge is 0.302 e. The molecule has 0 bridgehead atoms. The smallest absolute Gasteiger partial charge is 0.245 e. The van der Waals surface area contributed by atoms with E-state index < -0.39 is 38.5 Å². The van der Waals surface area contributed by atoms with Gasteiger partial charge in [-0.3, -0.25) is 9.78 Å². The van der Waals surface area contributed by atoms with Gasteiger partial charge in [-0.2, -0.15) is 9.57 Å². The first-order valence-electron chi connectivity index (χ1n) is 13.4. The predicted molar refractivity (Wildman–Crippen MR) is 146 cm³/mol. The second kappa shape index (κ2) is 11.4. The summed E-state index contributed by atoms with van der Waals surface area (Å²) in [6.45, 7) is 1.38. The summed E-state index contributed by atoms with van der Waals surface area (Å²) in [4.78, 5) is 19.2. The van der Waals surface area contributed by atoms with Gasteiger partial charge in [-0.1, -0.05) is 37.5 Å². The molecule has 5 rings (SSSR count). The lowest BCUT2D eigenvalue weighted by Crippen LogP contribution is -2.59. The number of nitrogens with zero attached hydrogens (tertiary/aromatic N) is 4. The number of pyridine rings is 1. The van der Waals surface area contributed by atoms with Gasteiger partial charge >= 0.3 is 0 Å². The van der Waals surface area contributed by atoms with Crippen molar-refractivity contribution in [3.63, 3.8) is 0 Å². The quantitative estimate of drug-likeness (QED) is 0.373. The molecule has 1 saturated carbocycles. The molecule has 2 aromatic carbocycles. The van der Waals surface area contributed by atoms with Crippen LogP contribution in [0.1, 0.15) is 66.8 Å². The molecule has 1 amide bonds. The van der Waals surface area contributed by atoms with Crippen molar-refractivity contribution in [1.29, 1.82) is 5.26 Å². The van der Waals surface area contributed by atoms with Gasteiger partial charge in [0.2, 0.25) is 15.9 Å². The van der Waals surface area contributed by atoms with Crippen LogP contribution in [0.2, 0.25) is 0 Å². The number of amides is 1. The lowest BCUT2D eigenvalue weighted by atomic mass is 9.85. The number of halogens is 2. The summed E-state index contributed by atoms with van der Waals surface area (Å²) in [5, 5.41) is 9.31. The van der Waals surface area contributed by atoms with Gasteiger partial charge in [0.25, 0.3) is 0 Å². The van der Waals surface area contributed by atoms with E-state index in [0.29, 0.717) is 11.6 Å². The summed E-state index contributed by atoms with van der Waals surface area (Å²) in [6, 6.07) is 12.3. The number of nitriles is 1. The van der Waals surface area contributed by atoms with Crippen molar-refractivity contribution in [3.8, 4) is 6.07 Å². The summed E-state index contributed by atoms with van der Waals surface area (Å²) in [5.41, 5.74) is 1.65. The molecule has 2 heterocycles. The fourth-order valence-electron chi connectivity index (χ4n) is 5.45. The Morgan fingerprint density at radius 2 is 1.82 bits per heavy atom. The second-order valence-corrected chi connectivity index (χ2v) is 12.3. The zero-order valence-corrected chi connectivity index (χ0v) is 23.0. The number of carbonyl (C=O) groups excluding carboxylic acids is 1. The van der Waals surface area contributed by atoms with E-state index in [1.54, 1.807) is 6.07 Å². The molecule has 0 spiro atoms. The lowest BCUT2D eigenvalue weighted by molar-refractivity contribution is -0.125. The van der Waals surface area contributed by atoms with Crippen molar-refractivity contribution >= 4 is 21.6 Å². The molecule has 2 aliphatic rings. The summed E-state index contributed by atoms with van der Waals surface area (Å²) < 4.78 is 57.2. The summed E-state index contributed by atoms with van der Waals surface area (Å²) >= 11 is 0. The maximum atomic E-state index is 14.9. The van der Waals surface area contributed by atoms with E-state index in [1.165, 1.54) is 49.3 Å². The minimum absolute atomic E-state index is 0.0167. The van der Waals surface area contributed by atoms with Crippen molar-refractivity contribution in [1.82, 2.24) is 9.29 Å². The maximum Gasteiger partial charge on any atom is 0.245 e. The molecule has 3 aromatic rings. The number of aromatic nitrogens is 1. The van der Waals surface area contributed by atoms with Crippen LogP contribution in [0.4, 0.5) is 14.5 Å². The van der Waals surface area contributed by atoms with Gasteiger partial charge in [-0.25, -0.2) is 17.2 Å². The van der Waals surface area contributed by atoms with E-state index >= 15 is 0 Å². The number of carbonyl (C=O) groups is 1. The number of sulfonamides is 1. The molecule has 7 nitrogen and oxygen atoms in total. The van der Waals surface area contributed by atoms with Crippen LogP contribution in [0.3, 0.4) is 0 Å². The number of benzene rings is 2. The third-order valence-corrected chi connectivity index (χ3v) is 9.84. The topological polar surface area (TPSA) is 94.4 Å². The molecular weight excluding hydrogens is 534 g/mol. The molecule has 1 saturated heterocycles. The fourth-order valence-corrected chi connectivity index (χ4v) is 7.12. The normalized spacial score (nSPS) is 18.1. The zero-order chi connectivity index (χ0) is 28.4. The Morgan fingerprint density at radius 1 is 1.07 bits per heavy atom. The number of para-hydroxylation sites is 1. The molecule has 0 N–H and O–H groups in total. The molecule has 1 aliphatic carbocycles. The number of hydrogen-bond donors (Lipinski definition) is 0. The van der Waals surface area contributed by atoms with Gasteiger partial charge in [-0.05, 0) is 68.0 Å². The fraction of sp³-hybridized carbons (Fsp3) is 0.367. The minimum Gasteiger partial charge on any atom is -0.302 e. The van der Waals surface area contributed by atoms with Crippen molar-refractivity contribution in [3.05, 3.63) is 88.7 Å². The van der Waals surface area contributed by atoms with Crippen LogP contribution in [0.5, 0.6) is 0 Å². The van der Waals surface area contributed by atoms with E-state index in [4.69, 9.17) is 0 Å². The van der Waals surface area contributed by atoms with E-state index in [2.05, 4.69) is 4.98 Å². The minimum atomic E-state index is -4.30. The Morgan fingerprint density at radius 3 is 2.45 bits per heavy atom. The Balaban J connectivity index is 1.42. The van der Waals surface area contributed by atoms with E-state index in [-0.39, 0.29) is 36.3 Å². The summed E-state index contributed by atoms with van der Waals surface area (Å²) in [6.07, 6.45) is 7.89. The van der Waals surface area contributed by atoms with E-state index in [1.807, 2.05) is 24.4 Å². The molecule has 0 radical (unpaired) electrons. The maximum absolute atomic E-state index is 14.9.